The molecule has 0 unspecified atom stereocenters. The zero-order valence-electron chi connectivity index (χ0n) is 9.75. The van der Waals surface area contributed by atoms with E-state index in [2.05, 4.69) is 15.0 Å². The van der Waals surface area contributed by atoms with E-state index in [1.807, 2.05) is 30.3 Å². The smallest absolute Gasteiger partial charge is 0.138 e. The molecular weight excluding hydrogens is 250 g/mol. The minimum atomic E-state index is 0. The first kappa shape index (κ1) is 12.4. The van der Waals surface area contributed by atoms with Gasteiger partial charge in [0.05, 0.1) is 24.3 Å². The minimum Gasteiger partial charge on any atom is -0.497 e. The fourth-order valence-corrected chi connectivity index (χ4v) is 1.74. The first-order valence-electron chi connectivity index (χ1n) is 5.31. The molecule has 2 heterocycles. The van der Waals surface area contributed by atoms with Crippen LogP contribution in [0.3, 0.4) is 0 Å². The quantitative estimate of drug-likeness (QED) is 0.771. The maximum atomic E-state index is 5.12. The molecule has 0 atom stereocenters. The summed E-state index contributed by atoms with van der Waals surface area (Å²) in [6.07, 6.45) is 3.51. The van der Waals surface area contributed by atoms with Gasteiger partial charge < -0.3 is 9.72 Å². The number of H-pyrrole nitrogens is 1. The molecule has 5 heteroatoms. The van der Waals surface area contributed by atoms with Crippen molar-refractivity contribution in [3.63, 3.8) is 0 Å². The zero-order valence-corrected chi connectivity index (χ0v) is 10.6. The molecule has 92 valence electrons. The summed E-state index contributed by atoms with van der Waals surface area (Å²) in [6, 6.07) is 9.67. The van der Waals surface area contributed by atoms with Gasteiger partial charge in [-0.05, 0) is 30.3 Å². The number of ether oxygens (including phenoxy) is 1. The van der Waals surface area contributed by atoms with Crippen LogP contribution in [-0.4, -0.2) is 22.1 Å². The van der Waals surface area contributed by atoms with E-state index in [1.54, 1.807) is 19.5 Å². The molecule has 2 aromatic heterocycles. The van der Waals surface area contributed by atoms with Crippen LogP contribution in [0.1, 0.15) is 0 Å². The summed E-state index contributed by atoms with van der Waals surface area (Å²) in [4.78, 5) is 11.8. The Labute approximate surface area is 110 Å². The second-order valence-electron chi connectivity index (χ2n) is 3.71. The van der Waals surface area contributed by atoms with Crippen LogP contribution >= 0.6 is 12.4 Å². The van der Waals surface area contributed by atoms with Gasteiger partial charge in [-0.1, -0.05) is 0 Å². The molecule has 0 radical (unpaired) electrons. The molecule has 0 fully saturated rings. The standard InChI is InChI=1S/C13H11N3O.ClH/c1-17-10-4-2-9(3-5-10)13-15-11-6-7-14-8-12(11)16-13;/h2-8H,1H3,(H,15,16);1H. The van der Waals surface area contributed by atoms with Crippen LogP contribution in [0.2, 0.25) is 0 Å². The molecule has 0 saturated carbocycles. The van der Waals surface area contributed by atoms with Crippen LogP contribution < -0.4 is 4.74 Å². The van der Waals surface area contributed by atoms with Crippen molar-refractivity contribution >= 4 is 23.4 Å². The lowest BCUT2D eigenvalue weighted by atomic mass is 10.2. The summed E-state index contributed by atoms with van der Waals surface area (Å²) in [5.41, 5.74) is 2.89. The molecule has 18 heavy (non-hydrogen) atoms. The molecule has 0 spiro atoms. The second-order valence-corrected chi connectivity index (χ2v) is 3.71. The predicted octanol–water partition coefficient (Wildman–Crippen LogP) is 3.06. The summed E-state index contributed by atoms with van der Waals surface area (Å²) in [5.74, 6) is 1.68. The minimum absolute atomic E-state index is 0. The van der Waals surface area contributed by atoms with Gasteiger partial charge in [0.1, 0.15) is 11.6 Å². The number of imidazole rings is 1. The first-order chi connectivity index (χ1) is 8.36. The third kappa shape index (κ3) is 2.15. The van der Waals surface area contributed by atoms with E-state index in [9.17, 15) is 0 Å². The van der Waals surface area contributed by atoms with Gasteiger partial charge in [-0.15, -0.1) is 12.4 Å². The van der Waals surface area contributed by atoms with E-state index >= 15 is 0 Å². The van der Waals surface area contributed by atoms with Gasteiger partial charge in [-0.3, -0.25) is 4.98 Å². The number of benzene rings is 1. The Kier molecular flexibility index (Phi) is 3.48. The monoisotopic (exact) mass is 261 g/mol. The van der Waals surface area contributed by atoms with Crippen LogP contribution in [0, 0.1) is 0 Å². The van der Waals surface area contributed by atoms with Gasteiger partial charge in [-0.25, -0.2) is 4.98 Å². The second kappa shape index (κ2) is 5.06. The highest BCUT2D eigenvalue weighted by Gasteiger charge is 2.04. The lowest BCUT2D eigenvalue weighted by Gasteiger charge is -2.00. The summed E-state index contributed by atoms with van der Waals surface area (Å²) in [6.45, 7) is 0. The van der Waals surface area contributed by atoms with Crippen molar-refractivity contribution in [3.8, 4) is 17.1 Å². The third-order valence-corrected chi connectivity index (χ3v) is 2.65. The van der Waals surface area contributed by atoms with E-state index < -0.39 is 0 Å². The van der Waals surface area contributed by atoms with Crippen molar-refractivity contribution < 1.29 is 4.74 Å². The Balaban J connectivity index is 0.00000120. The molecule has 4 nitrogen and oxygen atoms in total. The van der Waals surface area contributed by atoms with Crippen LogP contribution in [0.25, 0.3) is 22.4 Å². The molecule has 0 bridgehead atoms. The maximum absolute atomic E-state index is 5.12. The Hall–Kier alpha value is -2.07. The topological polar surface area (TPSA) is 50.8 Å². The average Bonchev–Trinajstić information content (AvgIpc) is 2.82. The highest BCUT2D eigenvalue weighted by atomic mass is 35.5. The van der Waals surface area contributed by atoms with Crippen LogP contribution in [0.5, 0.6) is 5.75 Å². The number of aromatic nitrogens is 3. The third-order valence-electron chi connectivity index (χ3n) is 2.65. The van der Waals surface area contributed by atoms with Crippen LogP contribution in [0.15, 0.2) is 42.7 Å². The van der Waals surface area contributed by atoms with Crippen molar-refractivity contribution in [1.29, 1.82) is 0 Å². The van der Waals surface area contributed by atoms with Gasteiger partial charge >= 0.3 is 0 Å². The summed E-state index contributed by atoms with van der Waals surface area (Å²) >= 11 is 0. The summed E-state index contributed by atoms with van der Waals surface area (Å²) < 4.78 is 5.12. The Morgan fingerprint density at radius 1 is 1.11 bits per heavy atom. The number of methoxy groups -OCH3 is 1. The molecule has 1 aromatic carbocycles. The number of fused-ring (bicyclic) bond motifs is 1. The number of pyridine rings is 1. The number of halogens is 1. The fraction of sp³-hybridized carbons (Fsp3) is 0.0769. The van der Waals surface area contributed by atoms with Crippen molar-refractivity contribution in [2.24, 2.45) is 0 Å². The van der Waals surface area contributed by atoms with Crippen molar-refractivity contribution in [2.75, 3.05) is 7.11 Å². The molecule has 1 N–H and O–H groups in total. The van der Waals surface area contributed by atoms with Gasteiger partial charge in [0, 0.05) is 11.8 Å². The molecule has 0 saturated heterocycles. The Morgan fingerprint density at radius 2 is 1.89 bits per heavy atom. The Morgan fingerprint density at radius 3 is 2.56 bits per heavy atom. The van der Waals surface area contributed by atoms with E-state index in [0.29, 0.717) is 0 Å². The average molecular weight is 262 g/mol. The van der Waals surface area contributed by atoms with Gasteiger partial charge in [0.2, 0.25) is 0 Å². The summed E-state index contributed by atoms with van der Waals surface area (Å²) in [5, 5.41) is 0. The SMILES string of the molecule is COc1ccc(-c2nc3ccncc3[nH]2)cc1.Cl. The molecule has 0 aliphatic heterocycles. The lowest BCUT2D eigenvalue weighted by Crippen LogP contribution is -1.83. The van der Waals surface area contributed by atoms with Gasteiger partial charge in [0.25, 0.3) is 0 Å². The molecule has 0 aliphatic rings. The molecule has 0 amide bonds. The van der Waals surface area contributed by atoms with Gasteiger partial charge in [-0.2, -0.15) is 0 Å². The van der Waals surface area contributed by atoms with E-state index in [4.69, 9.17) is 4.74 Å². The number of aromatic amines is 1. The van der Waals surface area contributed by atoms with Crippen molar-refractivity contribution in [2.45, 2.75) is 0 Å². The van der Waals surface area contributed by atoms with Crippen molar-refractivity contribution in [3.05, 3.63) is 42.7 Å². The Bertz CT molecular complexity index is 616. The molecule has 0 aliphatic carbocycles. The van der Waals surface area contributed by atoms with Gasteiger partial charge in [0.15, 0.2) is 0 Å². The van der Waals surface area contributed by atoms with E-state index in [0.717, 1.165) is 28.2 Å². The molecular formula is C13H12ClN3O. The first-order valence-corrected chi connectivity index (χ1v) is 5.31. The number of rotatable bonds is 2. The maximum Gasteiger partial charge on any atom is 0.138 e. The fourth-order valence-electron chi connectivity index (χ4n) is 1.74. The number of nitrogens with one attached hydrogen (secondary N) is 1. The normalized spacial score (nSPS) is 10.1. The number of nitrogens with zero attached hydrogens (tertiary/aromatic N) is 2. The highest BCUT2D eigenvalue weighted by Crippen LogP contribution is 2.22. The highest BCUT2D eigenvalue weighted by molar-refractivity contribution is 5.85. The largest absolute Gasteiger partial charge is 0.497 e. The van der Waals surface area contributed by atoms with E-state index in [-0.39, 0.29) is 12.4 Å². The predicted molar refractivity (Wildman–Crippen MR) is 73.1 cm³/mol. The molecule has 3 aromatic rings. The van der Waals surface area contributed by atoms with Crippen molar-refractivity contribution in [1.82, 2.24) is 15.0 Å². The molecule has 3 rings (SSSR count). The summed E-state index contributed by atoms with van der Waals surface area (Å²) in [7, 11) is 1.65. The van der Waals surface area contributed by atoms with E-state index in [1.165, 1.54) is 0 Å². The number of hydrogen-bond donors (Lipinski definition) is 1. The van der Waals surface area contributed by atoms with Crippen LogP contribution in [0.4, 0.5) is 0 Å². The zero-order chi connectivity index (χ0) is 11.7. The van der Waals surface area contributed by atoms with Crippen LogP contribution in [-0.2, 0) is 0 Å². The number of hydrogen-bond acceptors (Lipinski definition) is 3. The lowest BCUT2D eigenvalue weighted by molar-refractivity contribution is 0.415.